The molecule has 0 saturated carbocycles. The van der Waals surface area contributed by atoms with E-state index in [1.54, 1.807) is 52.8 Å². The molecule has 0 aromatic heterocycles. The van der Waals surface area contributed by atoms with E-state index in [-0.39, 0.29) is 32.3 Å². The van der Waals surface area contributed by atoms with Crippen LogP contribution < -0.4 is 16.0 Å². The number of benzene rings is 1. The lowest BCUT2D eigenvalue weighted by Gasteiger charge is -2.39. The molecule has 2 rings (SSSR count). The number of ketones is 1. The Bertz CT molecular complexity index is 1470. The van der Waals surface area contributed by atoms with E-state index in [1.807, 2.05) is 0 Å². The fourth-order valence-electron chi connectivity index (χ4n) is 5.20. The Morgan fingerprint density at radius 1 is 0.865 bits per heavy atom. The number of carbonyl (C=O) groups excluding carboxylic acids is 5. The third kappa shape index (κ3) is 13.3. The van der Waals surface area contributed by atoms with Crippen molar-refractivity contribution in [2.24, 2.45) is 11.3 Å². The molecule has 7 atom stereocenters. The van der Waals surface area contributed by atoms with E-state index in [9.17, 15) is 54.0 Å². The maximum Gasteiger partial charge on any atom is 0.335 e. The Hall–Kier alpha value is -4.45. The Morgan fingerprint density at radius 2 is 1.52 bits per heavy atom. The summed E-state index contributed by atoms with van der Waals surface area (Å²) in [7, 11) is 0. The fraction of sp³-hybridized carbons (Fsp3) is 0.629. The van der Waals surface area contributed by atoms with Gasteiger partial charge in [-0.25, -0.2) is 4.79 Å². The molecule has 0 aliphatic carbocycles. The molecule has 8 N–H and O–H groups in total. The highest BCUT2D eigenvalue weighted by atomic mass is 16.6. The number of aliphatic carboxylic acids is 2. The molecule has 0 bridgehead atoms. The van der Waals surface area contributed by atoms with Gasteiger partial charge >= 0.3 is 17.9 Å². The molecule has 1 aliphatic heterocycles. The molecule has 1 aliphatic rings. The van der Waals surface area contributed by atoms with Gasteiger partial charge in [0.15, 0.2) is 11.9 Å². The number of carbonyl (C=O) groups is 7. The Kier molecular flexibility index (Phi) is 16.3. The summed E-state index contributed by atoms with van der Waals surface area (Å²) in [5.41, 5.74) is 0.865. The number of nitrogens with one attached hydrogen (secondary N) is 3. The second-order valence-corrected chi connectivity index (χ2v) is 14.2. The summed E-state index contributed by atoms with van der Waals surface area (Å²) < 4.78 is 10.9. The normalized spacial score (nSPS) is 21.4. The molecule has 17 heteroatoms. The smallest absolute Gasteiger partial charge is 0.335 e. The lowest BCUT2D eigenvalue weighted by Crippen LogP contribution is -2.59. The molecule has 0 radical (unpaired) electrons. The van der Waals surface area contributed by atoms with Crippen molar-refractivity contribution in [1.82, 2.24) is 16.0 Å². The predicted octanol–water partition coefficient (Wildman–Crippen LogP) is -0.619. The fourth-order valence-corrected chi connectivity index (χ4v) is 5.20. The Morgan fingerprint density at radius 3 is 2.10 bits per heavy atom. The molecular formula is C35H51N3O14. The Balaban J connectivity index is 2.15. The summed E-state index contributed by atoms with van der Waals surface area (Å²) >= 11 is 0. The zero-order valence-electron chi connectivity index (χ0n) is 30.2. The first-order valence-corrected chi connectivity index (χ1v) is 16.9. The first-order chi connectivity index (χ1) is 24.1. The van der Waals surface area contributed by atoms with Crippen molar-refractivity contribution < 1.29 is 68.6 Å². The van der Waals surface area contributed by atoms with Crippen LogP contribution in [0.15, 0.2) is 18.2 Å². The molecule has 52 heavy (non-hydrogen) atoms. The van der Waals surface area contributed by atoms with E-state index in [4.69, 9.17) is 14.6 Å². The summed E-state index contributed by atoms with van der Waals surface area (Å²) in [4.78, 5) is 85.2. The SMILES string of the molecule is CC(C)[C@H](NC(=O)CNC(=O)CCC(=O)O)C(=O)N[C@@H](C)C(=O)Cc1ccc(COC(=O)C(C)(C)C)c(CC[C@@H]2O[C@H](C(=O)O)[C@@H](O)[C@H](O)[C@H]2O)c1. The number of aliphatic hydroxyl groups is 3. The predicted molar refractivity (Wildman–Crippen MR) is 181 cm³/mol. The van der Waals surface area contributed by atoms with Crippen LogP contribution in [0.3, 0.4) is 0 Å². The first kappa shape index (κ1) is 43.7. The van der Waals surface area contributed by atoms with Gasteiger partial charge in [0.05, 0.1) is 30.5 Å². The average Bonchev–Trinajstić information content (AvgIpc) is 3.05. The largest absolute Gasteiger partial charge is 0.481 e. The van der Waals surface area contributed by atoms with Crippen LogP contribution in [0.4, 0.5) is 0 Å². The van der Waals surface area contributed by atoms with Crippen molar-refractivity contribution in [2.45, 2.75) is 123 Å². The van der Waals surface area contributed by atoms with Gasteiger partial charge in [0.1, 0.15) is 31.0 Å². The van der Waals surface area contributed by atoms with Gasteiger partial charge in [0.2, 0.25) is 17.7 Å². The number of esters is 1. The summed E-state index contributed by atoms with van der Waals surface area (Å²) in [5, 5.41) is 56.2. The van der Waals surface area contributed by atoms with Gasteiger partial charge in [-0.3, -0.25) is 28.8 Å². The molecule has 0 spiro atoms. The molecule has 0 unspecified atom stereocenters. The van der Waals surface area contributed by atoms with Crippen molar-refractivity contribution in [3.8, 4) is 0 Å². The number of hydrogen-bond acceptors (Lipinski definition) is 12. The number of hydrogen-bond donors (Lipinski definition) is 8. The quantitative estimate of drug-likeness (QED) is 0.0873. The summed E-state index contributed by atoms with van der Waals surface area (Å²) in [6.07, 6.45) is -8.89. The van der Waals surface area contributed by atoms with E-state index in [0.29, 0.717) is 16.7 Å². The van der Waals surface area contributed by atoms with Crippen molar-refractivity contribution >= 4 is 41.4 Å². The monoisotopic (exact) mass is 737 g/mol. The topological polar surface area (TPSA) is 275 Å². The van der Waals surface area contributed by atoms with Crippen LogP contribution in [0.25, 0.3) is 0 Å². The minimum absolute atomic E-state index is 0.00682. The van der Waals surface area contributed by atoms with Crippen LogP contribution in [0.2, 0.25) is 0 Å². The average molecular weight is 738 g/mol. The number of amides is 3. The van der Waals surface area contributed by atoms with Gasteiger partial charge in [-0.1, -0.05) is 32.0 Å². The molecule has 290 valence electrons. The number of carboxylic acids is 2. The molecule has 1 aromatic carbocycles. The molecule has 1 fully saturated rings. The zero-order chi connectivity index (χ0) is 39.5. The summed E-state index contributed by atoms with van der Waals surface area (Å²) in [6, 6.07) is 2.91. The van der Waals surface area contributed by atoms with Crippen LogP contribution in [0.5, 0.6) is 0 Å². The number of ether oxygens (including phenoxy) is 2. The molecule has 3 amide bonds. The highest BCUT2D eigenvalue weighted by Crippen LogP contribution is 2.27. The van der Waals surface area contributed by atoms with Crippen LogP contribution in [-0.4, -0.2) is 116 Å². The van der Waals surface area contributed by atoms with Gasteiger partial charge in [-0.2, -0.15) is 0 Å². The molecule has 1 heterocycles. The second-order valence-electron chi connectivity index (χ2n) is 14.2. The summed E-state index contributed by atoms with van der Waals surface area (Å²) in [5.74, 6) is -5.91. The number of aryl methyl sites for hydroxylation is 1. The Labute approximate surface area is 301 Å². The van der Waals surface area contributed by atoms with E-state index in [0.717, 1.165) is 0 Å². The number of aliphatic hydroxyl groups excluding tert-OH is 3. The zero-order valence-corrected chi connectivity index (χ0v) is 30.2. The molecule has 1 saturated heterocycles. The molecule has 17 nitrogen and oxygen atoms in total. The highest BCUT2D eigenvalue weighted by Gasteiger charge is 2.46. The minimum atomic E-state index is -1.84. The van der Waals surface area contributed by atoms with Crippen molar-refractivity contribution in [2.75, 3.05) is 6.54 Å². The standard InChI is InChI=1S/C35H51N3O14/c1-17(2)27(38-25(41)15-36-24(40)11-12-26(42)43)32(47)37-18(3)22(39)14-19-7-8-21(16-51-34(50)35(4,5)6)20(13-19)9-10-23-28(44)29(45)30(46)31(52-23)33(48)49/h7-8,13,17-18,23,27-31,44-46H,9-12,14-16H2,1-6H3,(H,36,40)(H,37,47)(H,38,41)(H,42,43)(H,48,49)/t18-,23-,27-,28-,29+,30-,31-/m0/s1. The van der Waals surface area contributed by atoms with E-state index in [1.165, 1.54) is 6.92 Å². The number of carboxylic acid groups (broad SMARTS) is 2. The van der Waals surface area contributed by atoms with Gasteiger partial charge in [0, 0.05) is 12.8 Å². The number of rotatable bonds is 18. The van der Waals surface area contributed by atoms with Gasteiger partial charge in [-0.05, 0) is 63.1 Å². The third-order valence-corrected chi connectivity index (χ3v) is 8.39. The minimum Gasteiger partial charge on any atom is -0.481 e. The second kappa shape index (κ2) is 19.4. The van der Waals surface area contributed by atoms with E-state index >= 15 is 0 Å². The van der Waals surface area contributed by atoms with E-state index < -0.39 is 108 Å². The van der Waals surface area contributed by atoms with Crippen LogP contribution in [0.1, 0.15) is 77.5 Å². The van der Waals surface area contributed by atoms with Crippen LogP contribution in [0, 0.1) is 11.3 Å². The summed E-state index contributed by atoms with van der Waals surface area (Å²) in [6.45, 7) is 9.28. The lowest BCUT2D eigenvalue weighted by atomic mass is 9.90. The van der Waals surface area contributed by atoms with Crippen molar-refractivity contribution in [3.05, 3.63) is 34.9 Å². The first-order valence-electron chi connectivity index (χ1n) is 16.9. The van der Waals surface area contributed by atoms with Crippen molar-refractivity contribution in [1.29, 1.82) is 0 Å². The van der Waals surface area contributed by atoms with Crippen LogP contribution >= 0.6 is 0 Å². The van der Waals surface area contributed by atoms with Crippen molar-refractivity contribution in [3.63, 3.8) is 0 Å². The lowest BCUT2D eigenvalue weighted by molar-refractivity contribution is -0.228. The maximum absolute atomic E-state index is 13.3. The highest BCUT2D eigenvalue weighted by molar-refractivity contribution is 5.94. The number of Topliss-reactive ketones (excluding diaryl/α,β-unsaturated/α-hetero) is 1. The van der Waals surface area contributed by atoms with Crippen LogP contribution in [-0.2, 0) is 62.5 Å². The van der Waals surface area contributed by atoms with E-state index in [2.05, 4.69) is 16.0 Å². The molecule has 1 aromatic rings. The molecular weight excluding hydrogens is 686 g/mol. The van der Waals surface area contributed by atoms with Gasteiger partial charge < -0.3 is 51.0 Å². The third-order valence-electron chi connectivity index (χ3n) is 8.39. The maximum atomic E-state index is 13.3. The van der Waals surface area contributed by atoms with Gasteiger partial charge in [-0.15, -0.1) is 0 Å². The van der Waals surface area contributed by atoms with Gasteiger partial charge in [0.25, 0.3) is 0 Å².